The highest BCUT2D eigenvalue weighted by atomic mass is 19.3. The summed E-state index contributed by atoms with van der Waals surface area (Å²) < 4.78 is 25.1. The minimum Gasteiger partial charge on any atom is -0.309 e. The molecule has 1 N–H and O–H groups in total. The van der Waals surface area contributed by atoms with Gasteiger partial charge in [0.05, 0.1) is 6.04 Å². The van der Waals surface area contributed by atoms with Crippen molar-refractivity contribution < 1.29 is 8.78 Å². The third-order valence-electron chi connectivity index (χ3n) is 3.14. The Morgan fingerprint density at radius 1 is 0.824 bits per heavy atom. The second-order valence-electron chi connectivity index (χ2n) is 4.76. The van der Waals surface area contributed by atoms with Gasteiger partial charge in [-0.05, 0) is 13.0 Å². The normalized spacial score (nSPS) is 13.2. The molecule has 1 unspecified atom stereocenters. The van der Waals surface area contributed by atoms with E-state index >= 15 is 0 Å². The Balaban J connectivity index is 3.30. The number of unbranched alkanes of at least 4 members (excludes halogenated alkanes) is 7. The lowest BCUT2D eigenvalue weighted by Gasteiger charge is -2.16. The Morgan fingerprint density at radius 3 is 1.82 bits per heavy atom. The third-order valence-corrected chi connectivity index (χ3v) is 3.14. The lowest BCUT2D eigenvalue weighted by atomic mass is 10.0. The second kappa shape index (κ2) is 12.3. The van der Waals surface area contributed by atoms with E-state index in [1.807, 2.05) is 6.92 Å². The van der Waals surface area contributed by atoms with Crippen LogP contribution >= 0.6 is 0 Å². The predicted molar refractivity (Wildman–Crippen MR) is 70.7 cm³/mol. The SMILES string of the molecule is CCCCCCCCCCC(NCC)C(F)F. The summed E-state index contributed by atoms with van der Waals surface area (Å²) in [7, 11) is 0. The zero-order valence-corrected chi connectivity index (χ0v) is 11.5. The first-order valence-electron chi connectivity index (χ1n) is 7.23. The molecule has 0 aromatic rings. The molecule has 3 heteroatoms. The summed E-state index contributed by atoms with van der Waals surface area (Å²) in [6.45, 7) is 4.72. The van der Waals surface area contributed by atoms with Gasteiger partial charge in [-0.1, -0.05) is 65.2 Å². The molecule has 17 heavy (non-hydrogen) atoms. The first-order valence-corrected chi connectivity index (χ1v) is 7.23. The maximum Gasteiger partial charge on any atom is 0.253 e. The molecule has 0 aliphatic carbocycles. The molecular weight excluding hydrogens is 220 g/mol. The Kier molecular flexibility index (Phi) is 12.2. The summed E-state index contributed by atoms with van der Waals surface area (Å²) in [4.78, 5) is 0. The summed E-state index contributed by atoms with van der Waals surface area (Å²) >= 11 is 0. The molecule has 0 spiro atoms. The van der Waals surface area contributed by atoms with E-state index in [1.54, 1.807) is 0 Å². The van der Waals surface area contributed by atoms with Crippen molar-refractivity contribution in [3.63, 3.8) is 0 Å². The molecule has 0 radical (unpaired) electrons. The number of rotatable bonds is 12. The number of hydrogen-bond acceptors (Lipinski definition) is 1. The van der Waals surface area contributed by atoms with Crippen LogP contribution in [0, 0.1) is 0 Å². The maximum absolute atomic E-state index is 12.5. The molecule has 0 heterocycles. The van der Waals surface area contributed by atoms with E-state index in [1.165, 1.54) is 38.5 Å². The van der Waals surface area contributed by atoms with Crippen LogP contribution in [0.2, 0.25) is 0 Å². The molecule has 0 aliphatic rings. The average molecular weight is 249 g/mol. The van der Waals surface area contributed by atoms with Crippen LogP contribution in [-0.2, 0) is 0 Å². The Morgan fingerprint density at radius 2 is 1.35 bits per heavy atom. The molecule has 0 fully saturated rings. The van der Waals surface area contributed by atoms with E-state index in [2.05, 4.69) is 12.2 Å². The van der Waals surface area contributed by atoms with Crippen LogP contribution in [-0.4, -0.2) is 19.0 Å². The van der Waals surface area contributed by atoms with Crippen molar-refractivity contribution in [2.45, 2.75) is 84.1 Å². The number of alkyl halides is 2. The summed E-state index contributed by atoms with van der Waals surface area (Å²) in [5.74, 6) is 0. The highest BCUT2D eigenvalue weighted by Crippen LogP contribution is 2.13. The molecule has 1 atom stereocenters. The van der Waals surface area contributed by atoms with E-state index in [0.29, 0.717) is 13.0 Å². The molecule has 0 aromatic carbocycles. The first-order chi connectivity index (χ1) is 8.22. The van der Waals surface area contributed by atoms with Gasteiger partial charge in [-0.2, -0.15) is 0 Å². The third kappa shape index (κ3) is 10.7. The number of halogens is 2. The van der Waals surface area contributed by atoms with E-state index < -0.39 is 12.5 Å². The monoisotopic (exact) mass is 249 g/mol. The number of nitrogens with one attached hydrogen (secondary N) is 1. The molecule has 0 saturated heterocycles. The lowest BCUT2D eigenvalue weighted by Crippen LogP contribution is -2.35. The molecule has 104 valence electrons. The van der Waals surface area contributed by atoms with Gasteiger partial charge in [0.15, 0.2) is 0 Å². The zero-order valence-electron chi connectivity index (χ0n) is 11.5. The number of hydrogen-bond donors (Lipinski definition) is 1. The minimum atomic E-state index is -2.22. The van der Waals surface area contributed by atoms with E-state index in [-0.39, 0.29) is 0 Å². The Hall–Kier alpha value is -0.180. The van der Waals surface area contributed by atoms with Gasteiger partial charge in [0, 0.05) is 0 Å². The van der Waals surface area contributed by atoms with Crippen molar-refractivity contribution in [3.8, 4) is 0 Å². The summed E-state index contributed by atoms with van der Waals surface area (Å²) in [5.41, 5.74) is 0. The average Bonchev–Trinajstić information content (AvgIpc) is 2.31. The molecule has 0 rings (SSSR count). The van der Waals surface area contributed by atoms with Crippen LogP contribution in [0.25, 0.3) is 0 Å². The van der Waals surface area contributed by atoms with Gasteiger partial charge in [0.2, 0.25) is 0 Å². The first kappa shape index (κ1) is 16.8. The standard InChI is InChI=1S/C14H29F2N/c1-3-5-6-7-8-9-10-11-12-13(14(15)16)17-4-2/h13-14,17H,3-12H2,1-2H3. The van der Waals surface area contributed by atoms with Crippen LogP contribution < -0.4 is 5.32 Å². The van der Waals surface area contributed by atoms with Crippen LogP contribution in [0.3, 0.4) is 0 Å². The van der Waals surface area contributed by atoms with Crippen molar-refractivity contribution in [3.05, 3.63) is 0 Å². The van der Waals surface area contributed by atoms with E-state index in [0.717, 1.165) is 12.8 Å². The fourth-order valence-electron chi connectivity index (χ4n) is 2.08. The molecule has 0 bridgehead atoms. The highest BCUT2D eigenvalue weighted by Gasteiger charge is 2.17. The minimum absolute atomic E-state index is 0.597. The Labute approximate surface area is 105 Å². The predicted octanol–water partition coefficient (Wildman–Crippen LogP) is 4.76. The molecule has 1 nitrogen and oxygen atoms in total. The van der Waals surface area contributed by atoms with Crippen LogP contribution in [0.15, 0.2) is 0 Å². The van der Waals surface area contributed by atoms with Crippen molar-refractivity contribution in [1.82, 2.24) is 5.32 Å². The Bertz CT molecular complexity index is 151. The van der Waals surface area contributed by atoms with Gasteiger partial charge in [0.1, 0.15) is 0 Å². The topological polar surface area (TPSA) is 12.0 Å². The molecule has 0 amide bonds. The summed E-state index contributed by atoms with van der Waals surface area (Å²) in [5, 5.41) is 2.85. The van der Waals surface area contributed by atoms with Crippen molar-refractivity contribution in [2.24, 2.45) is 0 Å². The van der Waals surface area contributed by atoms with Gasteiger partial charge in [-0.25, -0.2) is 8.78 Å². The molecule has 0 aliphatic heterocycles. The van der Waals surface area contributed by atoms with Crippen LogP contribution in [0.5, 0.6) is 0 Å². The van der Waals surface area contributed by atoms with Crippen LogP contribution in [0.4, 0.5) is 8.78 Å². The van der Waals surface area contributed by atoms with Gasteiger partial charge in [0.25, 0.3) is 6.43 Å². The molecule has 0 saturated carbocycles. The zero-order chi connectivity index (χ0) is 12.9. The largest absolute Gasteiger partial charge is 0.309 e. The van der Waals surface area contributed by atoms with Crippen molar-refractivity contribution >= 4 is 0 Å². The fraction of sp³-hybridized carbons (Fsp3) is 1.00. The smallest absolute Gasteiger partial charge is 0.253 e. The summed E-state index contributed by atoms with van der Waals surface area (Å²) in [6.07, 6.45) is 8.11. The lowest BCUT2D eigenvalue weighted by molar-refractivity contribution is 0.0936. The highest BCUT2D eigenvalue weighted by molar-refractivity contribution is 4.68. The fourth-order valence-corrected chi connectivity index (χ4v) is 2.08. The van der Waals surface area contributed by atoms with Gasteiger partial charge < -0.3 is 5.32 Å². The van der Waals surface area contributed by atoms with Crippen molar-refractivity contribution in [1.29, 1.82) is 0 Å². The second-order valence-corrected chi connectivity index (χ2v) is 4.76. The van der Waals surface area contributed by atoms with Gasteiger partial charge in [-0.3, -0.25) is 0 Å². The van der Waals surface area contributed by atoms with Gasteiger partial charge in [-0.15, -0.1) is 0 Å². The van der Waals surface area contributed by atoms with E-state index in [4.69, 9.17) is 0 Å². The van der Waals surface area contributed by atoms with Crippen molar-refractivity contribution in [2.75, 3.05) is 6.54 Å². The molecular formula is C14H29F2N. The van der Waals surface area contributed by atoms with E-state index in [9.17, 15) is 8.78 Å². The summed E-state index contributed by atoms with van der Waals surface area (Å²) in [6, 6.07) is -0.597. The maximum atomic E-state index is 12.5. The quantitative estimate of drug-likeness (QED) is 0.492. The van der Waals surface area contributed by atoms with Crippen LogP contribution in [0.1, 0.15) is 71.6 Å². The molecule has 0 aromatic heterocycles. The van der Waals surface area contributed by atoms with Gasteiger partial charge >= 0.3 is 0 Å².